The predicted molar refractivity (Wildman–Crippen MR) is 82.1 cm³/mol. The van der Waals surface area contributed by atoms with Gasteiger partial charge in [0, 0.05) is 30.7 Å². The molecule has 1 aromatic heterocycles. The molecule has 0 fully saturated rings. The summed E-state index contributed by atoms with van der Waals surface area (Å²) in [6, 6.07) is 10.5. The van der Waals surface area contributed by atoms with Gasteiger partial charge in [-0.05, 0) is 12.0 Å². The molecule has 2 rings (SSSR count). The molecule has 0 amide bonds. The van der Waals surface area contributed by atoms with E-state index >= 15 is 0 Å². The number of thiazole rings is 1. The maximum Gasteiger partial charge on any atom is 0.180 e. The fourth-order valence-electron chi connectivity index (χ4n) is 1.97. The Labute approximate surface area is 118 Å². The van der Waals surface area contributed by atoms with Crippen molar-refractivity contribution in [3.05, 3.63) is 59.6 Å². The zero-order valence-corrected chi connectivity index (χ0v) is 11.8. The van der Waals surface area contributed by atoms with Crippen molar-refractivity contribution in [2.45, 2.75) is 13.0 Å². The Balaban J connectivity index is 1.90. The number of hydrogen-bond donors (Lipinski definition) is 1. The van der Waals surface area contributed by atoms with Gasteiger partial charge in [-0.2, -0.15) is 0 Å². The van der Waals surface area contributed by atoms with Gasteiger partial charge in [-0.15, -0.1) is 17.9 Å². The standard InChI is InChI=1S/C15H19N3S/c1-2-9-18(12-14-11-17-15(16)19-14)10-8-13-6-4-3-5-7-13/h2-7,11H,1,8-10,12H2,(H2,16,17). The number of nitrogens with two attached hydrogens (primary N) is 1. The minimum Gasteiger partial charge on any atom is -0.375 e. The van der Waals surface area contributed by atoms with E-state index in [1.165, 1.54) is 10.4 Å². The lowest BCUT2D eigenvalue weighted by Crippen LogP contribution is -2.25. The van der Waals surface area contributed by atoms with Crippen molar-refractivity contribution in [1.29, 1.82) is 0 Å². The van der Waals surface area contributed by atoms with Gasteiger partial charge in [0.25, 0.3) is 0 Å². The van der Waals surface area contributed by atoms with Crippen molar-refractivity contribution >= 4 is 16.5 Å². The minimum absolute atomic E-state index is 0.636. The molecule has 0 unspecified atom stereocenters. The van der Waals surface area contributed by atoms with E-state index < -0.39 is 0 Å². The van der Waals surface area contributed by atoms with Gasteiger partial charge >= 0.3 is 0 Å². The summed E-state index contributed by atoms with van der Waals surface area (Å²) in [4.78, 5) is 7.65. The van der Waals surface area contributed by atoms with Crippen LogP contribution in [0, 0.1) is 0 Å². The first-order valence-corrected chi connectivity index (χ1v) is 7.17. The molecule has 0 saturated carbocycles. The van der Waals surface area contributed by atoms with E-state index in [0.717, 1.165) is 26.1 Å². The zero-order valence-electron chi connectivity index (χ0n) is 11.0. The molecule has 0 aliphatic rings. The molecule has 1 aromatic carbocycles. The van der Waals surface area contributed by atoms with Gasteiger partial charge in [0.2, 0.25) is 0 Å². The lowest BCUT2D eigenvalue weighted by molar-refractivity contribution is 0.301. The smallest absolute Gasteiger partial charge is 0.180 e. The highest BCUT2D eigenvalue weighted by Gasteiger charge is 2.07. The first kappa shape index (κ1) is 13.8. The third-order valence-corrected chi connectivity index (χ3v) is 3.71. The topological polar surface area (TPSA) is 42.2 Å². The fraction of sp³-hybridized carbons (Fsp3) is 0.267. The van der Waals surface area contributed by atoms with Crippen LogP contribution < -0.4 is 5.73 Å². The number of aromatic nitrogens is 1. The van der Waals surface area contributed by atoms with Crippen molar-refractivity contribution in [3.8, 4) is 0 Å². The summed E-state index contributed by atoms with van der Waals surface area (Å²) in [6.45, 7) is 6.59. The molecule has 0 aliphatic carbocycles. The van der Waals surface area contributed by atoms with Gasteiger partial charge < -0.3 is 5.73 Å². The molecular formula is C15H19N3S. The van der Waals surface area contributed by atoms with Crippen LogP contribution in [0.15, 0.2) is 49.2 Å². The van der Waals surface area contributed by atoms with Crippen LogP contribution in [-0.2, 0) is 13.0 Å². The Kier molecular flexibility index (Phi) is 5.12. The van der Waals surface area contributed by atoms with Crippen LogP contribution in [0.2, 0.25) is 0 Å². The van der Waals surface area contributed by atoms with Crippen LogP contribution in [0.1, 0.15) is 10.4 Å². The van der Waals surface area contributed by atoms with E-state index in [1.54, 1.807) is 11.3 Å². The van der Waals surface area contributed by atoms with Crippen LogP contribution in [-0.4, -0.2) is 23.0 Å². The summed E-state index contributed by atoms with van der Waals surface area (Å²) in [5, 5.41) is 0.636. The first-order valence-electron chi connectivity index (χ1n) is 6.35. The zero-order chi connectivity index (χ0) is 13.5. The third-order valence-electron chi connectivity index (χ3n) is 2.90. The van der Waals surface area contributed by atoms with Crippen LogP contribution in [0.4, 0.5) is 5.13 Å². The van der Waals surface area contributed by atoms with Gasteiger partial charge in [-0.1, -0.05) is 36.4 Å². The third kappa shape index (κ3) is 4.50. The molecule has 4 heteroatoms. The molecule has 2 aromatic rings. The summed E-state index contributed by atoms with van der Waals surface area (Å²) < 4.78 is 0. The van der Waals surface area contributed by atoms with Crippen molar-refractivity contribution in [3.63, 3.8) is 0 Å². The van der Waals surface area contributed by atoms with Crippen LogP contribution in [0.5, 0.6) is 0 Å². The Morgan fingerprint density at radius 3 is 2.74 bits per heavy atom. The maximum atomic E-state index is 5.66. The van der Waals surface area contributed by atoms with E-state index in [4.69, 9.17) is 5.73 Å². The predicted octanol–water partition coefficient (Wildman–Crippen LogP) is 2.96. The summed E-state index contributed by atoms with van der Waals surface area (Å²) in [6.07, 6.45) is 4.84. The fourth-order valence-corrected chi connectivity index (χ4v) is 2.69. The number of nitrogens with zero attached hydrogens (tertiary/aromatic N) is 2. The molecule has 0 bridgehead atoms. The van der Waals surface area contributed by atoms with Crippen LogP contribution in [0.25, 0.3) is 0 Å². The molecule has 100 valence electrons. The lowest BCUT2D eigenvalue weighted by Gasteiger charge is -2.19. The number of anilines is 1. The summed E-state index contributed by atoms with van der Waals surface area (Å²) in [5.41, 5.74) is 7.02. The average Bonchev–Trinajstić information content (AvgIpc) is 2.83. The molecule has 0 radical (unpaired) electrons. The van der Waals surface area contributed by atoms with Gasteiger partial charge in [0.15, 0.2) is 5.13 Å². The molecule has 19 heavy (non-hydrogen) atoms. The van der Waals surface area contributed by atoms with Crippen molar-refractivity contribution in [1.82, 2.24) is 9.88 Å². The first-order chi connectivity index (χ1) is 9.28. The molecule has 3 nitrogen and oxygen atoms in total. The second-order valence-corrected chi connectivity index (χ2v) is 5.57. The number of nitrogen functional groups attached to an aromatic ring is 1. The highest BCUT2D eigenvalue weighted by molar-refractivity contribution is 7.15. The van der Waals surface area contributed by atoms with Crippen molar-refractivity contribution < 1.29 is 0 Å². The lowest BCUT2D eigenvalue weighted by atomic mass is 10.1. The highest BCUT2D eigenvalue weighted by Crippen LogP contribution is 2.16. The van der Waals surface area contributed by atoms with Crippen LogP contribution >= 0.6 is 11.3 Å². The molecular weight excluding hydrogens is 254 g/mol. The van der Waals surface area contributed by atoms with Gasteiger partial charge in [0.05, 0.1) is 0 Å². The Morgan fingerprint density at radius 2 is 2.11 bits per heavy atom. The average molecular weight is 273 g/mol. The summed E-state index contributed by atoms with van der Waals surface area (Å²) in [5.74, 6) is 0. The van der Waals surface area contributed by atoms with Crippen LogP contribution in [0.3, 0.4) is 0 Å². The maximum absolute atomic E-state index is 5.66. The number of rotatable bonds is 7. The van der Waals surface area contributed by atoms with Gasteiger partial charge in [-0.3, -0.25) is 4.90 Å². The molecule has 0 saturated heterocycles. The number of benzene rings is 1. The number of hydrogen-bond acceptors (Lipinski definition) is 4. The molecule has 0 spiro atoms. The van der Waals surface area contributed by atoms with E-state index in [-0.39, 0.29) is 0 Å². The van der Waals surface area contributed by atoms with Gasteiger partial charge in [0.1, 0.15) is 0 Å². The van der Waals surface area contributed by atoms with E-state index in [1.807, 2.05) is 18.3 Å². The quantitative estimate of drug-likeness (QED) is 0.789. The summed E-state index contributed by atoms with van der Waals surface area (Å²) >= 11 is 1.55. The highest BCUT2D eigenvalue weighted by atomic mass is 32.1. The van der Waals surface area contributed by atoms with E-state index in [2.05, 4.69) is 40.7 Å². The second-order valence-electron chi connectivity index (χ2n) is 4.42. The Morgan fingerprint density at radius 1 is 1.32 bits per heavy atom. The molecule has 2 N–H and O–H groups in total. The second kappa shape index (κ2) is 7.07. The van der Waals surface area contributed by atoms with E-state index in [0.29, 0.717) is 5.13 Å². The minimum atomic E-state index is 0.636. The van der Waals surface area contributed by atoms with Crippen molar-refractivity contribution in [2.24, 2.45) is 0 Å². The van der Waals surface area contributed by atoms with Gasteiger partial charge in [-0.25, -0.2) is 4.98 Å². The molecule has 1 heterocycles. The van der Waals surface area contributed by atoms with E-state index in [9.17, 15) is 0 Å². The van der Waals surface area contributed by atoms with Crippen molar-refractivity contribution in [2.75, 3.05) is 18.8 Å². The summed E-state index contributed by atoms with van der Waals surface area (Å²) in [7, 11) is 0. The SMILES string of the molecule is C=CCN(CCc1ccccc1)Cc1cnc(N)s1. The largest absolute Gasteiger partial charge is 0.375 e. The Hall–Kier alpha value is -1.65. The molecule has 0 atom stereocenters. The monoisotopic (exact) mass is 273 g/mol. The molecule has 0 aliphatic heterocycles. The normalized spacial score (nSPS) is 10.8. The Bertz CT molecular complexity index is 507.